The largest absolute Gasteiger partial charge is 0.369 e. The molecule has 1 saturated carbocycles. The van der Waals surface area contributed by atoms with E-state index in [1.165, 1.54) is 6.42 Å². The lowest BCUT2D eigenvalue weighted by atomic mass is 9.86. The lowest BCUT2D eigenvalue weighted by Crippen LogP contribution is -2.58. The first-order chi connectivity index (χ1) is 12.4. The smallest absolute Gasteiger partial charge is 0.222 e. The van der Waals surface area contributed by atoms with Gasteiger partial charge in [0.2, 0.25) is 17.8 Å². The van der Waals surface area contributed by atoms with E-state index < -0.39 is 5.66 Å². The lowest BCUT2D eigenvalue weighted by molar-refractivity contribution is -0.128. The third-order valence-electron chi connectivity index (χ3n) is 5.19. The molecule has 140 valence electrons. The molecule has 0 unspecified atom stereocenters. The fourth-order valence-electron chi connectivity index (χ4n) is 3.88. The Bertz CT molecular complexity index is 733. The minimum Gasteiger partial charge on any atom is -0.369 e. The van der Waals surface area contributed by atoms with Crippen LogP contribution in [0.15, 0.2) is 34.3 Å². The van der Waals surface area contributed by atoms with Crippen molar-refractivity contribution in [3.05, 3.63) is 29.8 Å². The Balaban J connectivity index is 1.96. The minimum atomic E-state index is -0.462. The van der Waals surface area contributed by atoms with Crippen molar-refractivity contribution in [3.63, 3.8) is 0 Å². The number of para-hydroxylation sites is 1. The molecule has 2 aliphatic rings. The van der Waals surface area contributed by atoms with E-state index in [9.17, 15) is 4.79 Å². The monoisotopic (exact) mass is 356 g/mol. The Morgan fingerprint density at radius 1 is 1.19 bits per heavy atom. The van der Waals surface area contributed by atoms with Crippen LogP contribution in [0.2, 0.25) is 0 Å². The van der Waals surface area contributed by atoms with Crippen LogP contribution in [0, 0.1) is 0 Å². The predicted molar refractivity (Wildman–Crippen MR) is 105 cm³/mol. The van der Waals surface area contributed by atoms with Crippen LogP contribution in [-0.2, 0) is 11.2 Å². The van der Waals surface area contributed by atoms with E-state index in [2.05, 4.69) is 4.99 Å². The number of benzene rings is 1. The molecule has 0 bridgehead atoms. The topological polar surface area (TPSA) is 100 Å². The highest BCUT2D eigenvalue weighted by atomic mass is 16.2. The van der Waals surface area contributed by atoms with Gasteiger partial charge in [0.05, 0.1) is 0 Å². The number of aliphatic imine (C=N–C) groups is 2. The van der Waals surface area contributed by atoms with Crippen molar-refractivity contribution < 1.29 is 4.79 Å². The van der Waals surface area contributed by atoms with Gasteiger partial charge in [-0.1, -0.05) is 24.6 Å². The summed E-state index contributed by atoms with van der Waals surface area (Å²) in [5, 5.41) is 0. The second-order valence-electron chi connectivity index (χ2n) is 7.24. The Morgan fingerprint density at radius 2 is 1.88 bits per heavy atom. The zero-order valence-electron chi connectivity index (χ0n) is 15.6. The Hall–Kier alpha value is -2.57. The van der Waals surface area contributed by atoms with Crippen LogP contribution in [0.3, 0.4) is 0 Å². The van der Waals surface area contributed by atoms with E-state index in [1.807, 2.05) is 29.2 Å². The second-order valence-corrected chi connectivity index (χ2v) is 7.24. The molecule has 1 aliphatic heterocycles. The van der Waals surface area contributed by atoms with Crippen molar-refractivity contribution in [1.82, 2.24) is 4.90 Å². The summed E-state index contributed by atoms with van der Waals surface area (Å²) in [6, 6.07) is 8.05. The van der Waals surface area contributed by atoms with Crippen LogP contribution in [-0.4, -0.2) is 42.5 Å². The summed E-state index contributed by atoms with van der Waals surface area (Å²) in [6.45, 7) is 0. The van der Waals surface area contributed by atoms with Gasteiger partial charge < -0.3 is 16.4 Å². The third kappa shape index (κ3) is 3.52. The van der Waals surface area contributed by atoms with E-state index in [0.29, 0.717) is 18.8 Å². The van der Waals surface area contributed by atoms with Crippen LogP contribution < -0.4 is 16.4 Å². The first kappa shape index (κ1) is 18.2. The van der Waals surface area contributed by atoms with Crippen molar-refractivity contribution in [3.8, 4) is 0 Å². The number of hydrogen-bond donors (Lipinski definition) is 2. The van der Waals surface area contributed by atoms with Gasteiger partial charge in [0.1, 0.15) is 5.66 Å². The van der Waals surface area contributed by atoms with Gasteiger partial charge in [-0.3, -0.25) is 9.69 Å². The fourth-order valence-corrected chi connectivity index (χ4v) is 3.88. The first-order valence-electron chi connectivity index (χ1n) is 9.21. The molecule has 0 atom stereocenters. The molecule has 26 heavy (non-hydrogen) atoms. The molecule has 0 aromatic heterocycles. The van der Waals surface area contributed by atoms with E-state index in [4.69, 9.17) is 16.5 Å². The maximum Gasteiger partial charge on any atom is 0.222 e. The number of rotatable bonds is 4. The molecule has 3 rings (SSSR count). The summed E-state index contributed by atoms with van der Waals surface area (Å²) < 4.78 is 0. The molecule has 7 heteroatoms. The summed E-state index contributed by atoms with van der Waals surface area (Å²) in [7, 11) is 3.55. The summed E-state index contributed by atoms with van der Waals surface area (Å²) in [6.07, 6.45) is 6.26. The van der Waals surface area contributed by atoms with Gasteiger partial charge in [-0.2, -0.15) is 4.99 Å². The fraction of sp³-hybridized carbons (Fsp3) is 0.526. The van der Waals surface area contributed by atoms with Gasteiger partial charge in [0.25, 0.3) is 0 Å². The SMILES string of the molecule is CN(C)C(=O)CCc1ccccc1N1C(N)=NC(N)=NC12CCCCC2. The number of aryl methyl sites for hydroxylation is 1. The normalized spacial score (nSPS) is 19.1. The van der Waals surface area contributed by atoms with Crippen LogP contribution in [0.4, 0.5) is 5.69 Å². The molecule has 1 aliphatic carbocycles. The summed E-state index contributed by atoms with van der Waals surface area (Å²) in [5.41, 5.74) is 13.8. The lowest BCUT2D eigenvalue weighted by Gasteiger charge is -2.46. The molecule has 1 aromatic carbocycles. The van der Waals surface area contributed by atoms with Gasteiger partial charge in [-0.25, -0.2) is 4.99 Å². The highest BCUT2D eigenvalue weighted by Gasteiger charge is 2.43. The molecular formula is C19H28N6O. The van der Waals surface area contributed by atoms with E-state index in [-0.39, 0.29) is 11.9 Å². The Kier molecular flexibility index (Phi) is 5.15. The van der Waals surface area contributed by atoms with E-state index in [0.717, 1.165) is 36.9 Å². The molecule has 0 radical (unpaired) electrons. The molecule has 1 aromatic rings. The number of amides is 1. The molecule has 1 heterocycles. The molecule has 1 amide bonds. The van der Waals surface area contributed by atoms with Crippen LogP contribution in [0.25, 0.3) is 0 Å². The quantitative estimate of drug-likeness (QED) is 0.859. The molecule has 4 N–H and O–H groups in total. The van der Waals surface area contributed by atoms with Gasteiger partial charge in [0, 0.05) is 26.2 Å². The summed E-state index contributed by atoms with van der Waals surface area (Å²) in [4.78, 5) is 24.6. The number of nitrogens with zero attached hydrogens (tertiary/aromatic N) is 4. The van der Waals surface area contributed by atoms with Crippen LogP contribution in [0.1, 0.15) is 44.1 Å². The van der Waals surface area contributed by atoms with E-state index >= 15 is 0 Å². The standard InChI is InChI=1S/C19H28N6O/c1-24(2)16(26)11-10-14-8-4-5-9-15(14)25-18(21)22-17(20)23-19(25)12-6-3-7-13-19/h4-5,8-9H,3,6-7,10-13H2,1-2H3,(H4,20,21,22,23). The minimum absolute atomic E-state index is 0.106. The molecule has 1 fully saturated rings. The summed E-state index contributed by atoms with van der Waals surface area (Å²) in [5.74, 6) is 0.737. The zero-order valence-corrected chi connectivity index (χ0v) is 15.6. The van der Waals surface area contributed by atoms with Gasteiger partial charge in [-0.15, -0.1) is 0 Å². The second kappa shape index (κ2) is 7.35. The van der Waals surface area contributed by atoms with E-state index in [1.54, 1.807) is 19.0 Å². The number of anilines is 1. The molecular weight excluding hydrogens is 328 g/mol. The third-order valence-corrected chi connectivity index (χ3v) is 5.19. The van der Waals surface area contributed by atoms with Crippen LogP contribution >= 0.6 is 0 Å². The highest BCUT2D eigenvalue weighted by Crippen LogP contribution is 2.40. The van der Waals surface area contributed by atoms with Crippen molar-refractivity contribution >= 4 is 23.5 Å². The Morgan fingerprint density at radius 3 is 2.58 bits per heavy atom. The number of guanidine groups is 2. The highest BCUT2D eigenvalue weighted by molar-refractivity contribution is 6.06. The van der Waals surface area contributed by atoms with Crippen LogP contribution in [0.5, 0.6) is 0 Å². The van der Waals surface area contributed by atoms with Crippen molar-refractivity contribution in [1.29, 1.82) is 0 Å². The van der Waals surface area contributed by atoms with Crippen molar-refractivity contribution in [2.24, 2.45) is 21.5 Å². The Labute approximate surface area is 154 Å². The van der Waals surface area contributed by atoms with Crippen molar-refractivity contribution in [2.45, 2.75) is 50.6 Å². The van der Waals surface area contributed by atoms with Gasteiger partial charge in [0.15, 0.2) is 0 Å². The van der Waals surface area contributed by atoms with Crippen molar-refractivity contribution in [2.75, 3.05) is 19.0 Å². The number of carbonyl (C=O) groups is 1. The van der Waals surface area contributed by atoms with Gasteiger partial charge >= 0.3 is 0 Å². The average molecular weight is 356 g/mol. The number of nitrogens with two attached hydrogens (primary N) is 2. The molecule has 0 saturated heterocycles. The first-order valence-corrected chi connectivity index (χ1v) is 9.21. The average Bonchev–Trinajstić information content (AvgIpc) is 2.60. The maximum atomic E-state index is 12.0. The molecule has 1 spiro atoms. The summed E-state index contributed by atoms with van der Waals surface area (Å²) >= 11 is 0. The number of hydrogen-bond acceptors (Lipinski definition) is 6. The number of carbonyl (C=O) groups excluding carboxylic acids is 1. The zero-order chi connectivity index (χ0) is 18.7. The van der Waals surface area contributed by atoms with Gasteiger partial charge in [-0.05, 0) is 43.7 Å². The maximum absolute atomic E-state index is 12.0. The molecule has 7 nitrogen and oxygen atoms in total. The predicted octanol–water partition coefficient (Wildman–Crippen LogP) is 1.82.